The van der Waals surface area contributed by atoms with E-state index in [4.69, 9.17) is 0 Å². The van der Waals surface area contributed by atoms with Gasteiger partial charge in [-0.3, -0.25) is 5.10 Å². The Morgan fingerprint density at radius 3 is 1.62 bits per heavy atom. The largest absolute Gasteiger partial charge is 0.501 e. The number of rotatable bonds is 12. The first-order chi connectivity index (χ1) is 29.2. The fourth-order valence-electron chi connectivity index (χ4n) is 7.37. The van der Waals surface area contributed by atoms with Crippen molar-refractivity contribution in [3.05, 3.63) is 207 Å². The first kappa shape index (κ1) is 40.2. The van der Waals surface area contributed by atoms with E-state index in [9.17, 15) is 0 Å². The Bertz CT molecular complexity index is 2460. The molecule has 303 valence electrons. The zero-order valence-corrected chi connectivity index (χ0v) is 35.6. The summed E-state index contributed by atoms with van der Waals surface area (Å²) in [6, 6.07) is 60.5. The number of anilines is 6. The third-order valence-corrected chi connectivity index (χ3v) is 10.2. The van der Waals surface area contributed by atoms with Crippen LogP contribution >= 0.6 is 0 Å². The van der Waals surface area contributed by atoms with Gasteiger partial charge in [0.05, 0.1) is 7.05 Å². The van der Waals surface area contributed by atoms with Crippen molar-refractivity contribution in [3.8, 4) is 11.4 Å². The molecule has 2 aliphatic heterocycles. The van der Waals surface area contributed by atoms with Crippen LogP contribution in [0.25, 0.3) is 11.4 Å². The van der Waals surface area contributed by atoms with Crippen LogP contribution < -0.4 is 24.3 Å². The minimum Gasteiger partial charge on any atom is -0.501 e. The van der Waals surface area contributed by atoms with Crippen LogP contribution in [0.1, 0.15) is 24.0 Å². The molecule has 0 aliphatic carbocycles. The number of hydrogen-bond acceptors (Lipinski definition) is 7. The third kappa shape index (κ3) is 9.18. The van der Waals surface area contributed by atoms with E-state index in [1.807, 2.05) is 67.7 Å². The zero-order chi connectivity index (χ0) is 39.8. The predicted molar refractivity (Wildman–Crippen MR) is 231 cm³/mol. The molecule has 0 N–H and O–H groups in total. The molecule has 10 nitrogen and oxygen atoms in total. The summed E-state index contributed by atoms with van der Waals surface area (Å²) in [6.07, 6.45) is 8.63. The number of unbranched alkanes of at least 4 members (excludes halogenated alkanes) is 1. The number of nitrogens with zero attached hydrogens (tertiary/aromatic N) is 10. The topological polar surface area (TPSA) is 65.4 Å². The van der Waals surface area contributed by atoms with Crippen LogP contribution in [0, 0.1) is 37.9 Å². The summed E-state index contributed by atoms with van der Waals surface area (Å²) in [7, 11) is 1.87. The van der Waals surface area contributed by atoms with Gasteiger partial charge in [-0.2, -0.15) is 79.7 Å². The summed E-state index contributed by atoms with van der Waals surface area (Å²) in [5.74, 6) is 0. The van der Waals surface area contributed by atoms with Gasteiger partial charge in [0.2, 0.25) is 0 Å². The minimum atomic E-state index is 0. The summed E-state index contributed by atoms with van der Waals surface area (Å²) in [5.41, 5.74) is 10.8. The number of para-hydroxylation sites is 6. The molecule has 0 fully saturated rings. The molecule has 0 atom stereocenters. The Morgan fingerprint density at radius 1 is 0.583 bits per heavy atom. The quantitative estimate of drug-likeness (QED) is 0.0691. The van der Waals surface area contributed by atoms with E-state index in [0.29, 0.717) is 18.8 Å². The molecule has 10 rings (SSSR count). The fraction of sp³-hybridized carbons (Fsp3) is 0.143. The van der Waals surface area contributed by atoms with Crippen molar-refractivity contribution in [1.29, 1.82) is 0 Å². The van der Waals surface area contributed by atoms with Crippen LogP contribution in [0.2, 0.25) is 0 Å². The molecule has 60 heavy (non-hydrogen) atoms. The summed E-state index contributed by atoms with van der Waals surface area (Å²) < 4.78 is 5.22. The molecule has 4 heterocycles. The normalized spacial score (nSPS) is 12.8. The van der Waals surface area contributed by atoms with Gasteiger partial charge in [-0.05, 0) is 61.3 Å². The smallest absolute Gasteiger partial charge is 0.116 e. The van der Waals surface area contributed by atoms with Gasteiger partial charge >= 0.3 is 0 Å². The van der Waals surface area contributed by atoms with E-state index in [1.54, 1.807) is 14.0 Å². The Balaban J connectivity index is 0.000000171. The number of fused-ring (bicyclic) bond motifs is 2. The van der Waals surface area contributed by atoms with E-state index in [0.717, 1.165) is 48.6 Å². The van der Waals surface area contributed by atoms with Gasteiger partial charge < -0.3 is 24.3 Å². The molecule has 0 amide bonds. The maximum atomic E-state index is 4.46. The van der Waals surface area contributed by atoms with Crippen LogP contribution in [0.4, 0.5) is 34.1 Å². The van der Waals surface area contributed by atoms with Crippen molar-refractivity contribution in [2.45, 2.75) is 25.9 Å². The average Bonchev–Trinajstić information content (AvgIpc) is 4.09. The van der Waals surface area contributed by atoms with Crippen molar-refractivity contribution >= 4 is 34.1 Å². The number of aromatic nitrogens is 6. The van der Waals surface area contributed by atoms with Crippen LogP contribution in [-0.4, -0.2) is 38.0 Å². The number of hydrogen-bond donors (Lipinski definition) is 0. The molecule has 11 heteroatoms. The molecule has 0 bridgehead atoms. The number of benzene rings is 6. The molecular weight excluding hydrogens is 921 g/mol. The van der Waals surface area contributed by atoms with Gasteiger partial charge in [0, 0.05) is 54.6 Å². The van der Waals surface area contributed by atoms with E-state index >= 15 is 0 Å². The zero-order valence-electron chi connectivity index (χ0n) is 33.2. The predicted octanol–water partition coefficient (Wildman–Crippen LogP) is 8.58. The van der Waals surface area contributed by atoms with Gasteiger partial charge in [-0.15, -0.1) is 16.6 Å². The van der Waals surface area contributed by atoms with Crippen molar-refractivity contribution in [1.82, 2.24) is 24.9 Å². The van der Waals surface area contributed by atoms with Gasteiger partial charge in [0.15, 0.2) is 0 Å². The summed E-state index contributed by atoms with van der Waals surface area (Å²) in [5, 5.41) is 12.8. The maximum Gasteiger partial charge on any atom is 0.116 e. The Labute approximate surface area is 365 Å². The second-order valence-electron chi connectivity index (χ2n) is 14.3. The van der Waals surface area contributed by atoms with Crippen molar-refractivity contribution in [2.24, 2.45) is 7.05 Å². The van der Waals surface area contributed by atoms with Crippen LogP contribution in [0.15, 0.2) is 158 Å². The first-order valence-corrected chi connectivity index (χ1v) is 19.9. The van der Waals surface area contributed by atoms with Crippen molar-refractivity contribution in [2.75, 3.05) is 32.7 Å². The SMILES string of the molecule is Cn1n[n+](Cc2ccccc2)[c-]c1-c1[c-]n(Cc2ccccc2)nn1.[Ir].[c-]1ccccc1N1[CH-]N(CCCCN2[CH-]N(c3[c-]cccc3)c3ccccc32)c2ccccc21. The average molecular weight is 964 g/mol. The van der Waals surface area contributed by atoms with Crippen molar-refractivity contribution in [3.63, 3.8) is 0 Å². The maximum absolute atomic E-state index is 4.46. The third-order valence-electron chi connectivity index (χ3n) is 10.2. The summed E-state index contributed by atoms with van der Waals surface area (Å²) >= 11 is 0. The molecular formula is C49H43IrN10-5. The monoisotopic (exact) mass is 964 g/mol. The van der Waals surface area contributed by atoms with Gasteiger partial charge in [-0.1, -0.05) is 96.8 Å². The van der Waals surface area contributed by atoms with Crippen LogP contribution in [0.3, 0.4) is 0 Å². The molecule has 6 aromatic carbocycles. The second-order valence-corrected chi connectivity index (χ2v) is 14.3. The first-order valence-electron chi connectivity index (χ1n) is 19.9. The van der Waals surface area contributed by atoms with Gasteiger partial charge in [-0.25, -0.2) is 15.6 Å². The minimum absolute atomic E-state index is 0. The van der Waals surface area contributed by atoms with E-state index < -0.39 is 0 Å². The Kier molecular flexibility index (Phi) is 12.8. The Hall–Kier alpha value is -6.55. The molecule has 0 unspecified atom stereocenters. The van der Waals surface area contributed by atoms with E-state index in [1.165, 1.54) is 28.3 Å². The Morgan fingerprint density at radius 2 is 1.08 bits per heavy atom. The molecule has 2 aromatic heterocycles. The van der Waals surface area contributed by atoms with E-state index in [-0.39, 0.29) is 20.1 Å². The molecule has 0 spiro atoms. The van der Waals surface area contributed by atoms with E-state index in [2.05, 4.69) is 170 Å². The van der Waals surface area contributed by atoms with Crippen LogP contribution in [-0.2, 0) is 40.2 Å². The molecule has 2 aliphatic rings. The number of aryl methyl sites for hydroxylation is 1. The van der Waals surface area contributed by atoms with Crippen LogP contribution in [0.5, 0.6) is 0 Å². The van der Waals surface area contributed by atoms with Gasteiger partial charge in [0.1, 0.15) is 6.54 Å². The second kappa shape index (κ2) is 19.0. The molecule has 0 saturated carbocycles. The summed E-state index contributed by atoms with van der Waals surface area (Å²) in [6.45, 7) is 7.67. The van der Waals surface area contributed by atoms with Gasteiger partial charge in [0.25, 0.3) is 0 Å². The molecule has 8 aromatic rings. The fourth-order valence-corrected chi connectivity index (χ4v) is 7.37. The molecule has 0 saturated heterocycles. The van der Waals surface area contributed by atoms with Crippen molar-refractivity contribution < 1.29 is 24.8 Å². The standard InChI is InChI=1S/C30H26N4.C19H17N6.Ir/c1-3-13-25(14-4-1)33-23-31(27-17-7-9-19-29(27)33)21-11-12-22-32-24-34(26-15-5-2-6-16-26)30-20-10-8-18-28(30)32;1-23-19(15-25(22-23)13-17-10-6-3-7-11-17)18-14-24(21-20-18)12-16-8-4-2-5-9-16;/h1-10,13,15,17-20,23-24H,11-12,21-22H2;2-11H,12-13H2,1H3;/q-4;-1;. The molecule has 1 radical (unpaired) electrons. The summed E-state index contributed by atoms with van der Waals surface area (Å²) in [4.78, 5) is 9.19.